The van der Waals surface area contributed by atoms with Gasteiger partial charge in [0.25, 0.3) is 0 Å². The second-order valence-electron chi connectivity index (χ2n) is 7.33. The topological polar surface area (TPSA) is 65.0 Å². The van der Waals surface area contributed by atoms with E-state index < -0.39 is 10.0 Å². The number of hydrogen-bond acceptors (Lipinski definition) is 4. The minimum atomic E-state index is -3.17. The smallest absolute Gasteiger partial charge is 0.215 e. The first-order chi connectivity index (χ1) is 10.6. The number of rotatable bonds is 4. The van der Waals surface area contributed by atoms with Crippen molar-refractivity contribution in [1.29, 1.82) is 0 Å². The van der Waals surface area contributed by atoms with Crippen LogP contribution in [0.2, 0.25) is 0 Å². The van der Waals surface area contributed by atoms with E-state index in [9.17, 15) is 8.42 Å². The molecule has 0 saturated carbocycles. The van der Waals surface area contributed by atoms with Crippen LogP contribution in [0.4, 0.5) is 0 Å². The zero-order valence-corrected chi connectivity index (χ0v) is 16.6. The fourth-order valence-corrected chi connectivity index (χ4v) is 5.43. The second-order valence-corrected chi connectivity index (χ2v) is 10.6. The normalized spacial score (nSPS) is 25.1. The van der Waals surface area contributed by atoms with Crippen molar-refractivity contribution in [3.8, 4) is 0 Å². The number of thioether (sulfide) groups is 1. The predicted molar refractivity (Wildman–Crippen MR) is 98.6 cm³/mol. The van der Waals surface area contributed by atoms with Crippen LogP contribution in [0.5, 0.6) is 0 Å². The number of nitrogens with zero attached hydrogens (tertiary/aromatic N) is 3. The van der Waals surface area contributed by atoms with E-state index in [4.69, 9.17) is 0 Å². The van der Waals surface area contributed by atoms with Crippen molar-refractivity contribution in [2.24, 2.45) is 10.4 Å². The van der Waals surface area contributed by atoms with Crippen molar-refractivity contribution in [2.45, 2.75) is 33.2 Å². The summed E-state index contributed by atoms with van der Waals surface area (Å²) in [6.45, 7) is 11.5. The highest BCUT2D eigenvalue weighted by molar-refractivity contribution is 7.99. The number of hydrogen-bond donors (Lipinski definition) is 1. The maximum atomic E-state index is 12.4. The van der Waals surface area contributed by atoms with Crippen LogP contribution in [0.25, 0.3) is 0 Å². The van der Waals surface area contributed by atoms with Gasteiger partial charge < -0.3 is 10.2 Å². The van der Waals surface area contributed by atoms with Gasteiger partial charge in [-0.3, -0.25) is 4.99 Å². The molecule has 23 heavy (non-hydrogen) atoms. The van der Waals surface area contributed by atoms with E-state index in [2.05, 4.69) is 42.9 Å². The molecule has 8 heteroatoms. The molecule has 2 aliphatic rings. The molecule has 0 aromatic carbocycles. The van der Waals surface area contributed by atoms with Gasteiger partial charge in [0.05, 0.1) is 5.75 Å². The van der Waals surface area contributed by atoms with Crippen molar-refractivity contribution in [1.82, 2.24) is 14.5 Å². The molecule has 2 fully saturated rings. The Morgan fingerprint density at radius 3 is 2.30 bits per heavy atom. The molecule has 2 saturated heterocycles. The van der Waals surface area contributed by atoms with Crippen LogP contribution in [0, 0.1) is 5.41 Å². The third-order valence-electron chi connectivity index (χ3n) is 5.36. The average Bonchev–Trinajstić information content (AvgIpc) is 2.50. The molecule has 2 aliphatic heterocycles. The van der Waals surface area contributed by atoms with E-state index in [0.717, 1.165) is 24.0 Å². The Kier molecular flexibility index (Phi) is 5.58. The van der Waals surface area contributed by atoms with Gasteiger partial charge in [0.15, 0.2) is 5.96 Å². The Hall–Kier alpha value is -0.470. The monoisotopic (exact) mass is 362 g/mol. The summed E-state index contributed by atoms with van der Waals surface area (Å²) >= 11 is 1.81. The van der Waals surface area contributed by atoms with E-state index in [1.807, 2.05) is 11.8 Å². The Balaban J connectivity index is 1.87. The van der Waals surface area contributed by atoms with Gasteiger partial charge in [-0.1, -0.05) is 13.8 Å². The van der Waals surface area contributed by atoms with Gasteiger partial charge in [0.2, 0.25) is 10.0 Å². The molecule has 2 heterocycles. The molecule has 0 spiro atoms. The standard InChI is InChI=1S/C15H30N4O2S2/c1-14(2)12-19(15(14,3)4)13(16-5)17-6-11-23(20,21)18-7-9-22-10-8-18/h6-12H2,1-5H3,(H,16,17). The molecule has 0 aliphatic carbocycles. The van der Waals surface area contributed by atoms with Crippen LogP contribution in [0.15, 0.2) is 4.99 Å². The lowest BCUT2D eigenvalue weighted by Crippen LogP contribution is -2.72. The van der Waals surface area contributed by atoms with Gasteiger partial charge in [0, 0.05) is 55.7 Å². The van der Waals surface area contributed by atoms with E-state index >= 15 is 0 Å². The summed E-state index contributed by atoms with van der Waals surface area (Å²) in [4.78, 5) is 6.54. The van der Waals surface area contributed by atoms with Crippen molar-refractivity contribution in [2.75, 3.05) is 50.5 Å². The van der Waals surface area contributed by atoms with Crippen molar-refractivity contribution in [3.05, 3.63) is 0 Å². The van der Waals surface area contributed by atoms with Crippen LogP contribution in [0.3, 0.4) is 0 Å². The third kappa shape index (κ3) is 3.79. The molecule has 0 radical (unpaired) electrons. The van der Waals surface area contributed by atoms with Gasteiger partial charge in [0.1, 0.15) is 0 Å². The van der Waals surface area contributed by atoms with Crippen LogP contribution in [0.1, 0.15) is 27.7 Å². The summed E-state index contributed by atoms with van der Waals surface area (Å²) in [5.74, 6) is 2.70. The summed E-state index contributed by atoms with van der Waals surface area (Å²) in [7, 11) is -1.42. The molecule has 1 N–H and O–H groups in total. The molecule has 0 amide bonds. The van der Waals surface area contributed by atoms with E-state index in [0.29, 0.717) is 19.6 Å². The number of sulfonamides is 1. The molecule has 134 valence electrons. The molecule has 2 rings (SSSR count). The Labute approximate surface area is 145 Å². The average molecular weight is 363 g/mol. The molecule has 0 bridgehead atoms. The highest BCUT2D eigenvalue weighted by Gasteiger charge is 2.53. The van der Waals surface area contributed by atoms with Crippen molar-refractivity contribution < 1.29 is 8.42 Å². The first-order valence-electron chi connectivity index (χ1n) is 8.16. The minimum Gasteiger partial charge on any atom is -0.355 e. The number of guanidine groups is 1. The SMILES string of the molecule is CN=C(NCCS(=O)(=O)N1CCSCC1)N1CC(C)(C)C1(C)C. The number of aliphatic imine (C=N–C) groups is 1. The summed E-state index contributed by atoms with van der Waals surface area (Å²) in [5.41, 5.74) is 0.236. The maximum Gasteiger partial charge on any atom is 0.215 e. The molecular weight excluding hydrogens is 332 g/mol. The quantitative estimate of drug-likeness (QED) is 0.598. The Morgan fingerprint density at radius 1 is 1.22 bits per heavy atom. The molecule has 0 aromatic heterocycles. The third-order valence-corrected chi connectivity index (χ3v) is 8.17. The summed E-state index contributed by atoms with van der Waals surface area (Å²) < 4.78 is 26.3. The summed E-state index contributed by atoms with van der Waals surface area (Å²) in [6, 6.07) is 0. The van der Waals surface area contributed by atoms with E-state index in [1.165, 1.54) is 0 Å². The van der Waals surface area contributed by atoms with Crippen LogP contribution < -0.4 is 5.32 Å². The lowest BCUT2D eigenvalue weighted by atomic mass is 9.65. The second kappa shape index (κ2) is 6.80. The van der Waals surface area contributed by atoms with E-state index in [-0.39, 0.29) is 16.7 Å². The fraction of sp³-hybridized carbons (Fsp3) is 0.933. The highest BCUT2D eigenvalue weighted by Crippen LogP contribution is 2.46. The van der Waals surface area contributed by atoms with Crippen molar-refractivity contribution in [3.63, 3.8) is 0 Å². The van der Waals surface area contributed by atoms with Crippen LogP contribution in [-0.2, 0) is 10.0 Å². The lowest BCUT2D eigenvalue weighted by Gasteiger charge is -2.62. The van der Waals surface area contributed by atoms with Crippen molar-refractivity contribution >= 4 is 27.7 Å². The number of nitrogens with one attached hydrogen (secondary N) is 1. The lowest BCUT2D eigenvalue weighted by molar-refractivity contribution is -0.0666. The van der Waals surface area contributed by atoms with Gasteiger partial charge in [-0.05, 0) is 13.8 Å². The largest absolute Gasteiger partial charge is 0.355 e. The van der Waals surface area contributed by atoms with Crippen LogP contribution >= 0.6 is 11.8 Å². The van der Waals surface area contributed by atoms with Gasteiger partial charge in [-0.15, -0.1) is 0 Å². The summed E-state index contributed by atoms with van der Waals surface area (Å²) in [5, 5.41) is 3.22. The summed E-state index contributed by atoms with van der Waals surface area (Å²) in [6.07, 6.45) is 0. The predicted octanol–water partition coefficient (Wildman–Crippen LogP) is 1.06. The zero-order chi connectivity index (χ0) is 17.3. The Morgan fingerprint density at radius 2 is 1.83 bits per heavy atom. The molecular formula is C15H30N4O2S2. The van der Waals surface area contributed by atoms with E-state index in [1.54, 1.807) is 11.4 Å². The molecule has 0 aromatic rings. The highest BCUT2D eigenvalue weighted by atomic mass is 32.2. The molecule has 0 unspecified atom stereocenters. The first kappa shape index (κ1) is 18.9. The minimum absolute atomic E-state index is 0.0117. The molecule has 0 atom stereocenters. The Bertz CT molecular complexity index is 552. The van der Waals surface area contributed by atoms with Gasteiger partial charge in [-0.2, -0.15) is 11.8 Å². The molecule has 6 nitrogen and oxygen atoms in total. The maximum absolute atomic E-state index is 12.4. The van der Waals surface area contributed by atoms with Crippen LogP contribution in [-0.4, -0.2) is 79.6 Å². The van der Waals surface area contributed by atoms with Gasteiger partial charge in [-0.25, -0.2) is 12.7 Å². The number of likely N-dealkylation sites (tertiary alicyclic amines) is 1. The first-order valence-corrected chi connectivity index (χ1v) is 10.9. The zero-order valence-electron chi connectivity index (χ0n) is 14.9. The van der Waals surface area contributed by atoms with Gasteiger partial charge >= 0.3 is 0 Å². The fourth-order valence-electron chi connectivity index (χ4n) is 2.94.